The molecule has 0 saturated carbocycles. The van der Waals surface area contributed by atoms with Gasteiger partial charge in [0.05, 0.1) is 25.3 Å². The molecule has 1 amide bonds. The summed E-state index contributed by atoms with van der Waals surface area (Å²) in [4.78, 5) is 17.5. The minimum Gasteiger partial charge on any atom is -0.493 e. The number of rotatable bonds is 11. The topological polar surface area (TPSA) is 65.4 Å². The maximum Gasteiger partial charge on any atom is 0.251 e. The Bertz CT molecular complexity index is 1340. The normalized spacial score (nSPS) is 11.0. The molecule has 0 unspecified atom stereocenters. The molecule has 4 rings (SSSR count). The maximum atomic E-state index is 12.5. The molecule has 188 valence electrons. The second-order valence-electron chi connectivity index (χ2n) is 9.17. The fourth-order valence-electron chi connectivity index (χ4n) is 4.50. The third kappa shape index (κ3) is 5.88. The van der Waals surface area contributed by atoms with Crippen molar-refractivity contribution in [1.29, 1.82) is 0 Å². The number of unbranched alkanes of at least 4 members (excludes halogenated alkanes) is 2. The summed E-state index contributed by atoms with van der Waals surface area (Å²) >= 11 is 0. The van der Waals surface area contributed by atoms with Gasteiger partial charge in [0.15, 0.2) is 11.5 Å². The van der Waals surface area contributed by atoms with Crippen molar-refractivity contribution in [2.75, 3.05) is 20.8 Å². The van der Waals surface area contributed by atoms with E-state index in [4.69, 9.17) is 14.5 Å². The minimum absolute atomic E-state index is 0.105. The Morgan fingerprint density at radius 1 is 0.917 bits per heavy atom. The average Bonchev–Trinajstić information content (AvgIpc) is 3.24. The zero-order chi connectivity index (χ0) is 25.5. The van der Waals surface area contributed by atoms with E-state index in [9.17, 15) is 4.79 Å². The van der Waals surface area contributed by atoms with Crippen LogP contribution in [0.5, 0.6) is 11.5 Å². The molecular weight excluding hydrogens is 450 g/mol. The van der Waals surface area contributed by atoms with Crippen molar-refractivity contribution in [2.24, 2.45) is 0 Å². The first kappa shape index (κ1) is 25.3. The van der Waals surface area contributed by atoms with Gasteiger partial charge in [-0.25, -0.2) is 4.98 Å². The van der Waals surface area contributed by atoms with Crippen molar-refractivity contribution < 1.29 is 14.3 Å². The number of fused-ring (bicyclic) bond motifs is 1. The number of benzene rings is 3. The number of amides is 1. The van der Waals surface area contributed by atoms with Gasteiger partial charge >= 0.3 is 0 Å². The molecule has 0 saturated heterocycles. The molecule has 6 heteroatoms. The summed E-state index contributed by atoms with van der Waals surface area (Å²) in [5.41, 5.74) is 6.69. The largest absolute Gasteiger partial charge is 0.493 e. The lowest BCUT2D eigenvalue weighted by Crippen LogP contribution is -2.24. The van der Waals surface area contributed by atoms with Crippen LogP contribution in [-0.4, -0.2) is 36.2 Å². The summed E-state index contributed by atoms with van der Waals surface area (Å²) in [5.74, 6) is 2.17. The van der Waals surface area contributed by atoms with E-state index in [1.165, 1.54) is 22.2 Å². The summed E-state index contributed by atoms with van der Waals surface area (Å²) in [6.45, 7) is 5.76. The van der Waals surface area contributed by atoms with Crippen LogP contribution in [0.3, 0.4) is 0 Å². The van der Waals surface area contributed by atoms with Crippen molar-refractivity contribution in [3.63, 3.8) is 0 Å². The molecule has 0 fully saturated rings. The number of nitrogens with zero attached hydrogens (tertiary/aromatic N) is 2. The maximum absolute atomic E-state index is 12.5. The quantitative estimate of drug-likeness (QED) is 0.270. The van der Waals surface area contributed by atoms with Gasteiger partial charge < -0.3 is 19.4 Å². The lowest BCUT2D eigenvalue weighted by Gasteiger charge is -2.13. The molecule has 0 spiro atoms. The van der Waals surface area contributed by atoms with E-state index >= 15 is 0 Å². The number of ether oxygens (including phenoxy) is 2. The van der Waals surface area contributed by atoms with Gasteiger partial charge in [0.1, 0.15) is 5.82 Å². The Morgan fingerprint density at radius 3 is 2.53 bits per heavy atom. The average molecular weight is 486 g/mol. The number of hydrogen-bond donors (Lipinski definition) is 1. The van der Waals surface area contributed by atoms with Crippen LogP contribution < -0.4 is 14.8 Å². The Morgan fingerprint density at radius 2 is 1.72 bits per heavy atom. The summed E-state index contributed by atoms with van der Waals surface area (Å²) in [6.07, 6.45) is 3.85. The van der Waals surface area contributed by atoms with Crippen molar-refractivity contribution in [3.05, 3.63) is 88.7 Å². The van der Waals surface area contributed by atoms with Crippen molar-refractivity contribution in [1.82, 2.24) is 14.9 Å². The third-order valence-corrected chi connectivity index (χ3v) is 6.58. The van der Waals surface area contributed by atoms with Gasteiger partial charge in [-0.05, 0) is 68.1 Å². The van der Waals surface area contributed by atoms with E-state index in [0.29, 0.717) is 23.6 Å². The zero-order valence-corrected chi connectivity index (χ0v) is 21.6. The van der Waals surface area contributed by atoms with Gasteiger partial charge in [0.25, 0.3) is 5.91 Å². The monoisotopic (exact) mass is 485 g/mol. The van der Waals surface area contributed by atoms with Gasteiger partial charge in [-0.2, -0.15) is 0 Å². The van der Waals surface area contributed by atoms with Crippen molar-refractivity contribution in [2.45, 2.75) is 46.1 Å². The molecular formula is C30H35N3O3. The van der Waals surface area contributed by atoms with Crippen LogP contribution in [0.1, 0.15) is 52.1 Å². The molecule has 4 aromatic rings. The lowest BCUT2D eigenvalue weighted by molar-refractivity contribution is 0.0952. The van der Waals surface area contributed by atoms with Gasteiger partial charge in [0, 0.05) is 25.1 Å². The number of hydrogen-bond acceptors (Lipinski definition) is 4. The highest BCUT2D eigenvalue weighted by Gasteiger charge is 2.13. The first-order valence-electron chi connectivity index (χ1n) is 12.5. The third-order valence-electron chi connectivity index (χ3n) is 6.58. The molecule has 3 aromatic carbocycles. The molecule has 0 aliphatic rings. The number of aryl methyl sites for hydroxylation is 3. The molecule has 1 N–H and O–H groups in total. The summed E-state index contributed by atoms with van der Waals surface area (Å²) in [7, 11) is 3.14. The highest BCUT2D eigenvalue weighted by Crippen LogP contribution is 2.27. The molecule has 6 nitrogen and oxygen atoms in total. The van der Waals surface area contributed by atoms with Crippen LogP contribution in [0.2, 0.25) is 0 Å². The van der Waals surface area contributed by atoms with Crippen LogP contribution in [0.15, 0.2) is 60.7 Å². The number of carbonyl (C=O) groups excluding carboxylic acids is 1. The number of imidazole rings is 1. The lowest BCUT2D eigenvalue weighted by atomic mass is 10.1. The highest BCUT2D eigenvalue weighted by atomic mass is 16.5. The number of para-hydroxylation sites is 2. The second kappa shape index (κ2) is 11.8. The molecule has 0 aliphatic heterocycles. The van der Waals surface area contributed by atoms with Crippen molar-refractivity contribution in [3.8, 4) is 11.5 Å². The number of carbonyl (C=O) groups is 1. The fraction of sp³-hybridized carbons (Fsp3) is 0.333. The van der Waals surface area contributed by atoms with E-state index in [-0.39, 0.29) is 5.91 Å². The smallest absolute Gasteiger partial charge is 0.251 e. The standard InChI is InChI=1S/C30H35N3O3/c1-21-13-14-22(2)24(18-21)20-33-26-11-8-7-10-25(26)32-29(33)12-6-5-9-17-31-30(34)23-15-16-27(35-3)28(19-23)36-4/h7-8,10-11,13-16,18-19H,5-6,9,12,17,20H2,1-4H3,(H,31,34). The molecule has 36 heavy (non-hydrogen) atoms. The number of aromatic nitrogens is 2. The Hall–Kier alpha value is -3.80. The Kier molecular flexibility index (Phi) is 8.26. The van der Waals surface area contributed by atoms with Crippen LogP contribution in [0.25, 0.3) is 11.0 Å². The van der Waals surface area contributed by atoms with E-state index in [0.717, 1.165) is 43.6 Å². The van der Waals surface area contributed by atoms with E-state index in [2.05, 4.69) is 60.1 Å². The summed E-state index contributed by atoms with van der Waals surface area (Å²) in [5, 5.41) is 3.01. The first-order chi connectivity index (χ1) is 17.5. The SMILES string of the molecule is COc1ccc(C(=O)NCCCCCc2nc3ccccc3n2Cc2cc(C)ccc2C)cc1OC. The van der Waals surface area contributed by atoms with Gasteiger partial charge in [0.2, 0.25) is 0 Å². The second-order valence-corrected chi connectivity index (χ2v) is 9.17. The Balaban J connectivity index is 1.33. The van der Waals surface area contributed by atoms with E-state index in [1.807, 2.05) is 6.07 Å². The van der Waals surface area contributed by atoms with Gasteiger partial charge in [-0.1, -0.05) is 42.3 Å². The van der Waals surface area contributed by atoms with E-state index in [1.54, 1.807) is 32.4 Å². The zero-order valence-electron chi connectivity index (χ0n) is 21.6. The van der Waals surface area contributed by atoms with Crippen LogP contribution in [0, 0.1) is 13.8 Å². The molecule has 0 atom stereocenters. The van der Waals surface area contributed by atoms with E-state index < -0.39 is 0 Å². The number of nitrogens with one attached hydrogen (secondary N) is 1. The number of methoxy groups -OCH3 is 2. The molecule has 0 radical (unpaired) electrons. The Labute approximate surface area is 213 Å². The predicted molar refractivity (Wildman–Crippen MR) is 144 cm³/mol. The summed E-state index contributed by atoms with van der Waals surface area (Å²) < 4.78 is 12.9. The van der Waals surface area contributed by atoms with Crippen LogP contribution >= 0.6 is 0 Å². The molecule has 1 heterocycles. The predicted octanol–water partition coefficient (Wildman–Crippen LogP) is 5.86. The van der Waals surface area contributed by atoms with Gasteiger partial charge in [-0.15, -0.1) is 0 Å². The summed E-state index contributed by atoms with van der Waals surface area (Å²) in [6, 6.07) is 20.2. The fourth-order valence-corrected chi connectivity index (χ4v) is 4.50. The van der Waals surface area contributed by atoms with Crippen LogP contribution in [-0.2, 0) is 13.0 Å². The highest BCUT2D eigenvalue weighted by molar-refractivity contribution is 5.94. The minimum atomic E-state index is -0.105. The first-order valence-corrected chi connectivity index (χ1v) is 12.5. The molecule has 0 aliphatic carbocycles. The van der Waals surface area contributed by atoms with Crippen molar-refractivity contribution >= 4 is 16.9 Å². The molecule has 1 aromatic heterocycles. The molecule has 0 bridgehead atoms. The van der Waals surface area contributed by atoms with Gasteiger partial charge in [-0.3, -0.25) is 4.79 Å². The van der Waals surface area contributed by atoms with Crippen LogP contribution in [0.4, 0.5) is 0 Å².